The number of guanidine groups is 1. The molecule has 2 N–H and O–H groups in total. The average Bonchev–Trinajstić information content (AvgIpc) is 2.77. The third-order valence-electron chi connectivity index (χ3n) is 3.80. The Hall–Kier alpha value is -1.64. The maximum absolute atomic E-state index is 13.7. The van der Waals surface area contributed by atoms with E-state index in [1.165, 1.54) is 6.07 Å². The molecule has 0 saturated carbocycles. The fourth-order valence-corrected chi connectivity index (χ4v) is 2.38. The van der Waals surface area contributed by atoms with Crippen molar-refractivity contribution in [2.75, 3.05) is 6.54 Å². The fourth-order valence-electron chi connectivity index (χ4n) is 2.38. The van der Waals surface area contributed by atoms with Crippen molar-refractivity contribution in [1.82, 2.24) is 20.4 Å². The summed E-state index contributed by atoms with van der Waals surface area (Å²) in [6.45, 7) is 7.71. The van der Waals surface area contributed by atoms with Crippen LogP contribution < -0.4 is 10.6 Å². The van der Waals surface area contributed by atoms with Crippen LogP contribution in [0.15, 0.2) is 29.3 Å². The van der Waals surface area contributed by atoms with Gasteiger partial charge in [0.25, 0.3) is 0 Å². The zero-order valence-corrected chi connectivity index (χ0v) is 16.9. The molecule has 1 heterocycles. The van der Waals surface area contributed by atoms with Crippen LogP contribution in [-0.2, 0) is 20.1 Å². The zero-order valence-electron chi connectivity index (χ0n) is 14.6. The summed E-state index contributed by atoms with van der Waals surface area (Å²) in [4.78, 5) is 4.45. The van der Waals surface area contributed by atoms with Crippen LogP contribution in [-0.4, -0.2) is 22.3 Å². The van der Waals surface area contributed by atoms with Crippen LogP contribution in [0.2, 0.25) is 0 Å². The molecule has 0 atom stereocenters. The minimum Gasteiger partial charge on any atom is -0.357 e. The Morgan fingerprint density at radius 1 is 1.25 bits per heavy atom. The van der Waals surface area contributed by atoms with E-state index in [1.807, 2.05) is 38.6 Å². The first-order valence-electron chi connectivity index (χ1n) is 7.77. The molecule has 24 heavy (non-hydrogen) atoms. The van der Waals surface area contributed by atoms with E-state index in [0.29, 0.717) is 24.6 Å². The molecule has 7 heteroatoms. The lowest BCUT2D eigenvalue weighted by molar-refractivity contribution is 0.610. The molecule has 0 unspecified atom stereocenters. The Labute approximate surface area is 159 Å². The van der Waals surface area contributed by atoms with Gasteiger partial charge in [-0.1, -0.05) is 18.2 Å². The highest BCUT2D eigenvalue weighted by atomic mass is 127. The van der Waals surface area contributed by atoms with Crippen LogP contribution >= 0.6 is 24.0 Å². The van der Waals surface area contributed by atoms with Crippen molar-refractivity contribution in [2.45, 2.75) is 33.9 Å². The molecule has 0 spiro atoms. The van der Waals surface area contributed by atoms with E-state index in [9.17, 15) is 4.39 Å². The van der Waals surface area contributed by atoms with Gasteiger partial charge in [-0.15, -0.1) is 24.0 Å². The molecule has 5 nitrogen and oxygen atoms in total. The van der Waals surface area contributed by atoms with E-state index in [2.05, 4.69) is 20.7 Å². The summed E-state index contributed by atoms with van der Waals surface area (Å²) in [5.74, 6) is 0.435. The number of hydrogen-bond donors (Lipinski definition) is 2. The monoisotopic (exact) mass is 445 g/mol. The van der Waals surface area contributed by atoms with Gasteiger partial charge in [-0.3, -0.25) is 4.68 Å². The fraction of sp³-hybridized carbons (Fsp3) is 0.412. The lowest BCUT2D eigenvalue weighted by Crippen LogP contribution is -2.37. The minimum absolute atomic E-state index is 0. The first-order chi connectivity index (χ1) is 11.0. The number of aryl methyl sites for hydroxylation is 2. The maximum Gasteiger partial charge on any atom is 0.191 e. The average molecular weight is 445 g/mol. The first kappa shape index (κ1) is 20.4. The van der Waals surface area contributed by atoms with Gasteiger partial charge in [0, 0.05) is 37.0 Å². The van der Waals surface area contributed by atoms with E-state index in [1.54, 1.807) is 12.1 Å². The summed E-state index contributed by atoms with van der Waals surface area (Å²) < 4.78 is 15.5. The van der Waals surface area contributed by atoms with E-state index in [4.69, 9.17) is 0 Å². The van der Waals surface area contributed by atoms with Crippen LogP contribution in [0.5, 0.6) is 0 Å². The second-order valence-electron chi connectivity index (χ2n) is 5.41. The summed E-state index contributed by atoms with van der Waals surface area (Å²) in [7, 11) is 1.93. The summed E-state index contributed by atoms with van der Waals surface area (Å²) >= 11 is 0. The molecule has 0 saturated heterocycles. The molecule has 0 amide bonds. The largest absolute Gasteiger partial charge is 0.357 e. The number of halogens is 2. The molecule has 0 radical (unpaired) electrons. The molecule has 1 aromatic heterocycles. The van der Waals surface area contributed by atoms with E-state index in [0.717, 1.165) is 23.5 Å². The van der Waals surface area contributed by atoms with Crippen molar-refractivity contribution >= 4 is 29.9 Å². The van der Waals surface area contributed by atoms with Gasteiger partial charge >= 0.3 is 0 Å². The molecule has 1 aromatic carbocycles. The Bertz CT molecular complexity index is 696. The van der Waals surface area contributed by atoms with Crippen molar-refractivity contribution in [3.63, 3.8) is 0 Å². The number of nitrogens with one attached hydrogen (secondary N) is 2. The van der Waals surface area contributed by atoms with Crippen LogP contribution in [0.25, 0.3) is 0 Å². The van der Waals surface area contributed by atoms with Gasteiger partial charge in [0.2, 0.25) is 0 Å². The van der Waals surface area contributed by atoms with Gasteiger partial charge in [0.15, 0.2) is 5.96 Å². The van der Waals surface area contributed by atoms with E-state index in [-0.39, 0.29) is 29.8 Å². The zero-order chi connectivity index (χ0) is 16.8. The molecular weight excluding hydrogens is 420 g/mol. The Balaban J connectivity index is 0.00000288. The van der Waals surface area contributed by atoms with E-state index >= 15 is 0 Å². The van der Waals surface area contributed by atoms with Crippen molar-refractivity contribution < 1.29 is 4.39 Å². The van der Waals surface area contributed by atoms with Gasteiger partial charge in [0.05, 0.1) is 12.2 Å². The van der Waals surface area contributed by atoms with Crippen molar-refractivity contribution in [1.29, 1.82) is 0 Å². The van der Waals surface area contributed by atoms with Crippen molar-refractivity contribution in [3.8, 4) is 0 Å². The van der Waals surface area contributed by atoms with Crippen LogP contribution in [0, 0.1) is 19.7 Å². The number of rotatable bonds is 5. The number of aromatic nitrogens is 2. The topological polar surface area (TPSA) is 54.2 Å². The number of benzene rings is 1. The molecule has 0 aliphatic carbocycles. The van der Waals surface area contributed by atoms with Crippen LogP contribution in [0.4, 0.5) is 4.39 Å². The van der Waals surface area contributed by atoms with Crippen molar-refractivity contribution in [2.24, 2.45) is 12.0 Å². The van der Waals surface area contributed by atoms with Crippen molar-refractivity contribution in [3.05, 3.63) is 52.6 Å². The highest BCUT2D eigenvalue weighted by molar-refractivity contribution is 14.0. The summed E-state index contributed by atoms with van der Waals surface area (Å²) in [6.07, 6.45) is 0. The quantitative estimate of drug-likeness (QED) is 0.423. The highest BCUT2D eigenvalue weighted by Crippen LogP contribution is 2.11. The molecule has 0 bridgehead atoms. The number of aliphatic imine (C=N–C) groups is 1. The Kier molecular flexibility index (Phi) is 8.17. The Morgan fingerprint density at radius 3 is 2.54 bits per heavy atom. The summed E-state index contributed by atoms with van der Waals surface area (Å²) in [6, 6.07) is 6.70. The van der Waals surface area contributed by atoms with Gasteiger partial charge in [-0.2, -0.15) is 5.10 Å². The van der Waals surface area contributed by atoms with Crippen LogP contribution in [0.3, 0.4) is 0 Å². The standard InChI is InChI=1S/C17H24FN5.HI/c1-5-19-17(20-10-14-8-6-7-9-16(14)18)21-11-15-12(2)22-23(4)13(15)3;/h6-9H,5,10-11H2,1-4H3,(H2,19,20,21);1H. The summed E-state index contributed by atoms with van der Waals surface area (Å²) in [5, 5.41) is 10.9. The number of hydrogen-bond acceptors (Lipinski definition) is 2. The molecule has 0 fully saturated rings. The normalized spacial score (nSPS) is 11.1. The summed E-state index contributed by atoms with van der Waals surface area (Å²) in [5.41, 5.74) is 3.87. The lowest BCUT2D eigenvalue weighted by atomic mass is 10.2. The lowest BCUT2D eigenvalue weighted by Gasteiger charge is -2.12. The highest BCUT2D eigenvalue weighted by Gasteiger charge is 2.09. The second-order valence-corrected chi connectivity index (χ2v) is 5.41. The molecule has 132 valence electrons. The number of nitrogens with zero attached hydrogens (tertiary/aromatic N) is 3. The smallest absolute Gasteiger partial charge is 0.191 e. The predicted octanol–water partition coefficient (Wildman–Crippen LogP) is 3.05. The van der Waals surface area contributed by atoms with E-state index < -0.39 is 0 Å². The molecular formula is C17H25FIN5. The van der Waals surface area contributed by atoms with Gasteiger partial charge < -0.3 is 10.6 Å². The second kappa shape index (κ2) is 9.61. The van der Waals surface area contributed by atoms with Gasteiger partial charge in [-0.05, 0) is 26.8 Å². The minimum atomic E-state index is -0.231. The first-order valence-corrected chi connectivity index (χ1v) is 7.77. The predicted molar refractivity (Wildman–Crippen MR) is 106 cm³/mol. The Morgan fingerprint density at radius 2 is 1.96 bits per heavy atom. The third kappa shape index (κ3) is 5.19. The molecule has 2 aromatic rings. The maximum atomic E-state index is 13.7. The molecule has 2 rings (SSSR count). The third-order valence-corrected chi connectivity index (χ3v) is 3.80. The van der Waals surface area contributed by atoms with Crippen LogP contribution in [0.1, 0.15) is 29.4 Å². The SMILES string of the molecule is CCNC(=NCc1ccccc1F)NCc1c(C)nn(C)c1C.I. The van der Waals surface area contributed by atoms with Gasteiger partial charge in [-0.25, -0.2) is 9.38 Å². The molecule has 0 aliphatic heterocycles. The molecule has 0 aliphatic rings. The van der Waals surface area contributed by atoms with Gasteiger partial charge in [0.1, 0.15) is 5.82 Å².